The average Bonchev–Trinajstić information content (AvgIpc) is 2.94. The first kappa shape index (κ1) is 17.8. The molecule has 4 N–H and O–H groups in total. The largest absolute Gasteiger partial charge is 0.345 e. The number of nitrogens with one attached hydrogen (secondary N) is 4. The second kappa shape index (κ2) is 6.93. The SMILES string of the molecule is Cc1cc(S(=O)(=O)NCC(=O)N[C@H](C)c2n[nH]c(=O)[nH]2)ccc1F. The number of aryl methyl sites for hydroxylation is 1. The van der Waals surface area contributed by atoms with Crippen molar-refractivity contribution >= 4 is 15.9 Å². The fourth-order valence-electron chi connectivity index (χ4n) is 1.88. The van der Waals surface area contributed by atoms with Gasteiger partial charge in [-0.05, 0) is 37.6 Å². The Labute approximate surface area is 136 Å². The number of aromatic nitrogens is 3. The Morgan fingerprint density at radius 3 is 2.71 bits per heavy atom. The second-order valence-electron chi connectivity index (χ2n) is 5.09. The van der Waals surface area contributed by atoms with Crippen molar-refractivity contribution in [2.75, 3.05) is 6.54 Å². The van der Waals surface area contributed by atoms with Crippen LogP contribution in [0, 0.1) is 12.7 Å². The van der Waals surface area contributed by atoms with Crippen LogP contribution in [0.25, 0.3) is 0 Å². The number of rotatable bonds is 6. The summed E-state index contributed by atoms with van der Waals surface area (Å²) in [4.78, 5) is 25.0. The van der Waals surface area contributed by atoms with Gasteiger partial charge in [0.05, 0.1) is 17.5 Å². The van der Waals surface area contributed by atoms with Crippen LogP contribution >= 0.6 is 0 Å². The van der Waals surface area contributed by atoms with Gasteiger partial charge in [0.25, 0.3) is 0 Å². The van der Waals surface area contributed by atoms with Crippen molar-refractivity contribution in [2.24, 2.45) is 0 Å². The monoisotopic (exact) mass is 357 g/mol. The molecule has 0 spiro atoms. The van der Waals surface area contributed by atoms with Crippen molar-refractivity contribution in [3.63, 3.8) is 0 Å². The van der Waals surface area contributed by atoms with Crippen LogP contribution in [0.2, 0.25) is 0 Å². The fourth-order valence-corrected chi connectivity index (χ4v) is 2.94. The summed E-state index contributed by atoms with van der Waals surface area (Å²) in [6.45, 7) is 2.49. The zero-order chi connectivity index (χ0) is 17.9. The molecule has 1 atom stereocenters. The zero-order valence-electron chi connectivity index (χ0n) is 12.9. The Balaban J connectivity index is 1.97. The van der Waals surface area contributed by atoms with E-state index in [1.165, 1.54) is 13.0 Å². The molecule has 0 fully saturated rings. The van der Waals surface area contributed by atoms with Gasteiger partial charge in [-0.25, -0.2) is 27.4 Å². The van der Waals surface area contributed by atoms with Crippen molar-refractivity contribution in [1.82, 2.24) is 25.2 Å². The lowest BCUT2D eigenvalue weighted by Gasteiger charge is -2.12. The van der Waals surface area contributed by atoms with Gasteiger partial charge in [0.15, 0.2) is 5.82 Å². The highest BCUT2D eigenvalue weighted by Gasteiger charge is 2.18. The van der Waals surface area contributed by atoms with E-state index in [2.05, 4.69) is 25.2 Å². The maximum absolute atomic E-state index is 13.2. The van der Waals surface area contributed by atoms with E-state index in [0.717, 1.165) is 12.1 Å². The summed E-state index contributed by atoms with van der Waals surface area (Å²) < 4.78 is 39.5. The molecule has 1 heterocycles. The maximum atomic E-state index is 13.2. The van der Waals surface area contributed by atoms with E-state index in [1.807, 2.05) is 0 Å². The number of benzene rings is 1. The predicted octanol–water partition coefficient (Wildman–Crippen LogP) is -0.299. The Morgan fingerprint density at radius 2 is 2.12 bits per heavy atom. The number of H-pyrrole nitrogens is 2. The summed E-state index contributed by atoms with van der Waals surface area (Å²) in [5, 5.41) is 8.29. The molecule has 0 aliphatic heterocycles. The third kappa shape index (κ3) is 4.26. The summed E-state index contributed by atoms with van der Waals surface area (Å²) >= 11 is 0. The van der Waals surface area contributed by atoms with Crippen LogP contribution in [0.5, 0.6) is 0 Å². The van der Waals surface area contributed by atoms with E-state index < -0.39 is 40.0 Å². The predicted molar refractivity (Wildman–Crippen MR) is 82.1 cm³/mol. The molecule has 0 saturated carbocycles. The van der Waals surface area contributed by atoms with Crippen LogP contribution < -0.4 is 15.7 Å². The van der Waals surface area contributed by atoms with Crippen LogP contribution in [0.15, 0.2) is 27.9 Å². The van der Waals surface area contributed by atoms with Gasteiger partial charge in [-0.1, -0.05) is 0 Å². The molecule has 0 bridgehead atoms. The first-order valence-corrected chi connectivity index (χ1v) is 8.37. The first-order chi connectivity index (χ1) is 11.2. The quantitative estimate of drug-likeness (QED) is 0.563. The molecule has 0 saturated heterocycles. The van der Waals surface area contributed by atoms with Gasteiger partial charge >= 0.3 is 5.69 Å². The molecule has 0 radical (unpaired) electrons. The highest BCUT2D eigenvalue weighted by Crippen LogP contribution is 2.13. The molecule has 1 aromatic heterocycles. The van der Waals surface area contributed by atoms with E-state index in [0.29, 0.717) is 0 Å². The molecule has 130 valence electrons. The van der Waals surface area contributed by atoms with Crippen molar-refractivity contribution < 1.29 is 17.6 Å². The second-order valence-corrected chi connectivity index (χ2v) is 6.85. The summed E-state index contributed by atoms with van der Waals surface area (Å²) in [6, 6.07) is 2.71. The van der Waals surface area contributed by atoms with Crippen molar-refractivity contribution in [2.45, 2.75) is 24.8 Å². The molecule has 0 aliphatic rings. The lowest BCUT2D eigenvalue weighted by molar-refractivity contribution is -0.120. The van der Waals surface area contributed by atoms with Gasteiger partial charge in [-0.3, -0.25) is 9.78 Å². The Bertz CT molecular complexity index is 905. The summed E-state index contributed by atoms with van der Waals surface area (Å²) in [6.07, 6.45) is 0. The zero-order valence-corrected chi connectivity index (χ0v) is 13.7. The molecule has 1 amide bonds. The van der Waals surface area contributed by atoms with Crippen LogP contribution in [0.1, 0.15) is 24.4 Å². The van der Waals surface area contributed by atoms with Gasteiger partial charge in [0.2, 0.25) is 15.9 Å². The van der Waals surface area contributed by atoms with E-state index in [9.17, 15) is 22.4 Å². The number of carbonyl (C=O) groups is 1. The number of sulfonamides is 1. The number of carbonyl (C=O) groups excluding carboxylic acids is 1. The molecule has 2 aromatic rings. The molecule has 0 aliphatic carbocycles. The molecule has 2 rings (SSSR count). The summed E-state index contributed by atoms with van der Waals surface area (Å²) in [7, 11) is -3.95. The third-order valence-corrected chi connectivity index (χ3v) is 4.57. The summed E-state index contributed by atoms with van der Waals surface area (Å²) in [5.41, 5.74) is -0.336. The maximum Gasteiger partial charge on any atom is 0.340 e. The normalized spacial score (nSPS) is 12.8. The standard InChI is InChI=1S/C13H16FN5O4S/c1-7-5-9(3-4-10(7)14)24(22,23)15-6-11(20)16-8(2)12-17-13(21)19-18-12/h3-5,8,15H,6H2,1-2H3,(H,16,20)(H2,17,18,19,21)/t8-/m1/s1. The Morgan fingerprint density at radius 1 is 1.42 bits per heavy atom. The molecule has 9 nitrogen and oxygen atoms in total. The number of hydrogen-bond acceptors (Lipinski definition) is 5. The van der Waals surface area contributed by atoms with Crippen LogP contribution in [0.4, 0.5) is 4.39 Å². The summed E-state index contributed by atoms with van der Waals surface area (Å²) in [5.74, 6) is -0.923. The van der Waals surface area contributed by atoms with Gasteiger partial charge in [-0.2, -0.15) is 5.10 Å². The van der Waals surface area contributed by atoms with E-state index in [4.69, 9.17) is 0 Å². The first-order valence-electron chi connectivity index (χ1n) is 6.89. The van der Waals surface area contributed by atoms with Crippen LogP contribution in [-0.2, 0) is 14.8 Å². The lowest BCUT2D eigenvalue weighted by atomic mass is 10.2. The Kier molecular flexibility index (Phi) is 5.14. The van der Waals surface area contributed by atoms with Crippen molar-refractivity contribution in [3.8, 4) is 0 Å². The van der Waals surface area contributed by atoms with Crippen LogP contribution in [-0.4, -0.2) is 36.1 Å². The van der Waals surface area contributed by atoms with E-state index in [1.54, 1.807) is 6.92 Å². The minimum atomic E-state index is -3.95. The number of nitrogens with zero attached hydrogens (tertiary/aromatic N) is 1. The number of amides is 1. The number of hydrogen-bond donors (Lipinski definition) is 4. The van der Waals surface area contributed by atoms with Gasteiger partial charge in [0.1, 0.15) is 5.82 Å². The fraction of sp³-hybridized carbons (Fsp3) is 0.308. The third-order valence-electron chi connectivity index (χ3n) is 3.17. The Hall–Kier alpha value is -2.53. The highest BCUT2D eigenvalue weighted by atomic mass is 32.2. The van der Waals surface area contributed by atoms with Crippen molar-refractivity contribution in [3.05, 3.63) is 45.9 Å². The van der Waals surface area contributed by atoms with E-state index in [-0.39, 0.29) is 16.3 Å². The average molecular weight is 357 g/mol. The highest BCUT2D eigenvalue weighted by molar-refractivity contribution is 7.89. The molecule has 1 aromatic carbocycles. The number of halogens is 1. The smallest absolute Gasteiger partial charge is 0.340 e. The van der Waals surface area contributed by atoms with Crippen LogP contribution in [0.3, 0.4) is 0 Å². The topological polar surface area (TPSA) is 137 Å². The van der Waals surface area contributed by atoms with Gasteiger partial charge < -0.3 is 5.32 Å². The number of aromatic amines is 2. The van der Waals surface area contributed by atoms with Crippen molar-refractivity contribution in [1.29, 1.82) is 0 Å². The van der Waals surface area contributed by atoms with Gasteiger partial charge in [-0.15, -0.1) is 0 Å². The van der Waals surface area contributed by atoms with E-state index >= 15 is 0 Å². The minimum Gasteiger partial charge on any atom is -0.345 e. The molecule has 0 unspecified atom stereocenters. The molecular formula is C13H16FN5O4S. The minimum absolute atomic E-state index is 0.140. The lowest BCUT2D eigenvalue weighted by Crippen LogP contribution is -2.38. The molecule has 24 heavy (non-hydrogen) atoms. The molecular weight excluding hydrogens is 341 g/mol. The van der Waals surface area contributed by atoms with Gasteiger partial charge in [0, 0.05) is 0 Å². The molecule has 11 heteroatoms.